The van der Waals surface area contributed by atoms with Gasteiger partial charge in [-0.3, -0.25) is 0 Å². The standard InChI is InChI=1S/C13H19NO.ClH/c1-4-15-12-7-5-11(6-8-12)13(14)9-10(2)3;/h5-8,13H,2,4,9,14H2,1,3H3;1H/t13-;/m1./s1. The molecule has 2 nitrogen and oxygen atoms in total. The highest BCUT2D eigenvalue weighted by Gasteiger charge is 2.05. The third-order valence-electron chi connectivity index (χ3n) is 2.19. The Bertz CT molecular complexity index is 321. The minimum atomic E-state index is 0. The maximum absolute atomic E-state index is 6.02. The van der Waals surface area contributed by atoms with Crippen LogP contribution in [0.15, 0.2) is 36.4 Å². The van der Waals surface area contributed by atoms with E-state index in [2.05, 4.69) is 6.58 Å². The van der Waals surface area contributed by atoms with E-state index >= 15 is 0 Å². The first-order valence-corrected chi connectivity index (χ1v) is 5.26. The number of ether oxygens (including phenoxy) is 1. The number of rotatable bonds is 5. The topological polar surface area (TPSA) is 35.2 Å². The summed E-state index contributed by atoms with van der Waals surface area (Å²) < 4.78 is 5.36. The molecule has 0 bridgehead atoms. The first-order chi connectivity index (χ1) is 7.13. The van der Waals surface area contributed by atoms with Crippen LogP contribution in [-0.4, -0.2) is 6.61 Å². The Morgan fingerprint density at radius 3 is 2.38 bits per heavy atom. The maximum Gasteiger partial charge on any atom is 0.119 e. The van der Waals surface area contributed by atoms with Crippen molar-refractivity contribution in [2.45, 2.75) is 26.3 Å². The molecule has 0 aliphatic rings. The molecule has 1 rings (SSSR count). The molecule has 0 radical (unpaired) electrons. The molecule has 1 aromatic rings. The molecule has 0 heterocycles. The Morgan fingerprint density at radius 1 is 1.38 bits per heavy atom. The summed E-state index contributed by atoms with van der Waals surface area (Å²) in [5.74, 6) is 0.892. The lowest BCUT2D eigenvalue weighted by atomic mass is 10.0. The highest BCUT2D eigenvalue weighted by Crippen LogP contribution is 2.20. The monoisotopic (exact) mass is 241 g/mol. The zero-order valence-electron chi connectivity index (χ0n) is 9.90. The molecule has 1 atom stereocenters. The van der Waals surface area contributed by atoms with Crippen LogP contribution < -0.4 is 10.5 Å². The van der Waals surface area contributed by atoms with Gasteiger partial charge in [-0.2, -0.15) is 0 Å². The number of halogens is 1. The molecule has 0 aromatic heterocycles. The number of hydrogen-bond donors (Lipinski definition) is 1. The molecule has 0 saturated carbocycles. The molecule has 0 aliphatic carbocycles. The van der Waals surface area contributed by atoms with E-state index in [1.807, 2.05) is 38.1 Å². The summed E-state index contributed by atoms with van der Waals surface area (Å²) in [6, 6.07) is 7.98. The van der Waals surface area contributed by atoms with Gasteiger partial charge in [0.2, 0.25) is 0 Å². The Balaban J connectivity index is 0.00000225. The normalized spacial score (nSPS) is 11.4. The van der Waals surface area contributed by atoms with Crippen LogP contribution in [-0.2, 0) is 0 Å². The van der Waals surface area contributed by atoms with Crippen molar-refractivity contribution in [1.82, 2.24) is 0 Å². The summed E-state index contributed by atoms with van der Waals surface area (Å²) in [5.41, 5.74) is 8.25. The van der Waals surface area contributed by atoms with Gasteiger partial charge in [0.25, 0.3) is 0 Å². The molecule has 0 unspecified atom stereocenters. The molecule has 0 spiro atoms. The number of nitrogens with two attached hydrogens (primary N) is 1. The van der Waals surface area contributed by atoms with E-state index < -0.39 is 0 Å². The zero-order valence-corrected chi connectivity index (χ0v) is 10.7. The van der Waals surface area contributed by atoms with Crippen molar-refractivity contribution in [3.05, 3.63) is 42.0 Å². The molecular weight excluding hydrogens is 222 g/mol. The van der Waals surface area contributed by atoms with E-state index in [-0.39, 0.29) is 18.4 Å². The summed E-state index contributed by atoms with van der Waals surface area (Å²) in [6.45, 7) is 8.52. The van der Waals surface area contributed by atoms with Crippen LogP contribution in [0.1, 0.15) is 31.9 Å². The fourth-order valence-corrected chi connectivity index (χ4v) is 1.47. The molecule has 0 aliphatic heterocycles. The Labute approximate surface area is 104 Å². The van der Waals surface area contributed by atoms with Crippen LogP contribution >= 0.6 is 12.4 Å². The number of benzene rings is 1. The van der Waals surface area contributed by atoms with Gasteiger partial charge in [0.05, 0.1) is 6.61 Å². The van der Waals surface area contributed by atoms with E-state index in [1.165, 1.54) is 0 Å². The molecule has 16 heavy (non-hydrogen) atoms. The fraction of sp³-hybridized carbons (Fsp3) is 0.385. The van der Waals surface area contributed by atoms with E-state index in [0.29, 0.717) is 6.61 Å². The van der Waals surface area contributed by atoms with E-state index in [4.69, 9.17) is 10.5 Å². The van der Waals surface area contributed by atoms with Crippen LogP contribution in [0.3, 0.4) is 0 Å². The van der Waals surface area contributed by atoms with Crippen LogP contribution in [0.25, 0.3) is 0 Å². The maximum atomic E-state index is 6.02. The highest BCUT2D eigenvalue weighted by molar-refractivity contribution is 5.85. The van der Waals surface area contributed by atoms with Gasteiger partial charge in [0.1, 0.15) is 5.75 Å². The lowest BCUT2D eigenvalue weighted by Crippen LogP contribution is -2.10. The van der Waals surface area contributed by atoms with Gasteiger partial charge in [-0.05, 0) is 38.0 Å². The Morgan fingerprint density at radius 2 is 1.94 bits per heavy atom. The third-order valence-corrected chi connectivity index (χ3v) is 2.19. The van der Waals surface area contributed by atoms with Crippen LogP contribution in [0, 0.1) is 0 Å². The second-order valence-corrected chi connectivity index (χ2v) is 3.77. The first-order valence-electron chi connectivity index (χ1n) is 5.26. The minimum absolute atomic E-state index is 0. The minimum Gasteiger partial charge on any atom is -0.494 e. The smallest absolute Gasteiger partial charge is 0.119 e. The van der Waals surface area contributed by atoms with Crippen molar-refractivity contribution in [3.8, 4) is 5.75 Å². The van der Waals surface area contributed by atoms with Gasteiger partial charge < -0.3 is 10.5 Å². The second kappa shape index (κ2) is 7.31. The first kappa shape index (κ1) is 15.0. The van der Waals surface area contributed by atoms with Crippen LogP contribution in [0.4, 0.5) is 0 Å². The van der Waals surface area contributed by atoms with E-state index in [9.17, 15) is 0 Å². The Kier molecular flexibility index (Phi) is 6.86. The van der Waals surface area contributed by atoms with Crippen molar-refractivity contribution in [2.75, 3.05) is 6.61 Å². The largest absolute Gasteiger partial charge is 0.494 e. The van der Waals surface area contributed by atoms with Gasteiger partial charge in [-0.25, -0.2) is 0 Å². The molecule has 90 valence electrons. The molecular formula is C13H20ClNO. The average Bonchev–Trinajstić information content (AvgIpc) is 2.18. The van der Waals surface area contributed by atoms with Gasteiger partial charge in [0, 0.05) is 6.04 Å². The summed E-state index contributed by atoms with van der Waals surface area (Å²) >= 11 is 0. The predicted octanol–water partition coefficient (Wildman–Crippen LogP) is 3.47. The van der Waals surface area contributed by atoms with Crippen molar-refractivity contribution < 1.29 is 4.74 Å². The fourth-order valence-electron chi connectivity index (χ4n) is 1.47. The summed E-state index contributed by atoms with van der Waals surface area (Å²) in [7, 11) is 0. The van der Waals surface area contributed by atoms with Crippen molar-refractivity contribution in [2.24, 2.45) is 5.73 Å². The predicted molar refractivity (Wildman–Crippen MR) is 71.2 cm³/mol. The van der Waals surface area contributed by atoms with Crippen molar-refractivity contribution >= 4 is 12.4 Å². The molecule has 0 saturated heterocycles. The quantitative estimate of drug-likeness (QED) is 0.802. The van der Waals surface area contributed by atoms with E-state index in [0.717, 1.165) is 23.3 Å². The average molecular weight is 242 g/mol. The SMILES string of the molecule is C=C(C)C[C@@H](N)c1ccc(OCC)cc1.Cl. The molecule has 3 heteroatoms. The Hall–Kier alpha value is -0.990. The summed E-state index contributed by atoms with van der Waals surface area (Å²) in [5, 5.41) is 0. The van der Waals surface area contributed by atoms with Crippen molar-refractivity contribution in [1.29, 1.82) is 0 Å². The van der Waals surface area contributed by atoms with Crippen LogP contribution in [0.2, 0.25) is 0 Å². The van der Waals surface area contributed by atoms with Gasteiger partial charge >= 0.3 is 0 Å². The van der Waals surface area contributed by atoms with Gasteiger partial charge in [-0.15, -0.1) is 19.0 Å². The van der Waals surface area contributed by atoms with Crippen molar-refractivity contribution in [3.63, 3.8) is 0 Å². The molecule has 0 amide bonds. The lowest BCUT2D eigenvalue weighted by molar-refractivity contribution is 0.340. The molecule has 2 N–H and O–H groups in total. The lowest BCUT2D eigenvalue weighted by Gasteiger charge is -2.12. The molecule has 0 fully saturated rings. The number of hydrogen-bond acceptors (Lipinski definition) is 2. The highest BCUT2D eigenvalue weighted by atomic mass is 35.5. The molecule has 1 aromatic carbocycles. The zero-order chi connectivity index (χ0) is 11.3. The van der Waals surface area contributed by atoms with Gasteiger partial charge in [-0.1, -0.05) is 17.7 Å². The summed E-state index contributed by atoms with van der Waals surface area (Å²) in [6.07, 6.45) is 0.827. The third kappa shape index (κ3) is 4.69. The second-order valence-electron chi connectivity index (χ2n) is 3.77. The summed E-state index contributed by atoms with van der Waals surface area (Å²) in [4.78, 5) is 0. The van der Waals surface area contributed by atoms with Gasteiger partial charge in [0.15, 0.2) is 0 Å². The van der Waals surface area contributed by atoms with E-state index in [1.54, 1.807) is 0 Å². The van der Waals surface area contributed by atoms with Crippen LogP contribution in [0.5, 0.6) is 5.75 Å².